The molecule has 1 N–H and O–H groups in total. The number of rotatable bonds is 4. The number of hydrogen-bond acceptors (Lipinski definition) is 4. The predicted molar refractivity (Wildman–Crippen MR) is 95.1 cm³/mol. The van der Waals surface area contributed by atoms with Gasteiger partial charge in [-0.3, -0.25) is 9.78 Å². The summed E-state index contributed by atoms with van der Waals surface area (Å²) in [6, 6.07) is 11.0. The van der Waals surface area contributed by atoms with Gasteiger partial charge in [-0.1, -0.05) is 6.07 Å². The lowest BCUT2D eigenvalue weighted by Gasteiger charge is -2.11. The number of carbonyl (C=O) groups excluding carboxylic acids is 1. The lowest BCUT2D eigenvalue weighted by Crippen LogP contribution is -2.20. The van der Waals surface area contributed by atoms with Gasteiger partial charge in [0.05, 0.1) is 4.90 Å². The van der Waals surface area contributed by atoms with Crippen molar-refractivity contribution in [1.29, 1.82) is 0 Å². The zero-order valence-corrected chi connectivity index (χ0v) is 14.5. The van der Waals surface area contributed by atoms with E-state index >= 15 is 0 Å². The van der Waals surface area contributed by atoms with E-state index in [4.69, 9.17) is 0 Å². The van der Waals surface area contributed by atoms with Crippen LogP contribution in [0.25, 0.3) is 0 Å². The molecule has 0 bridgehead atoms. The van der Waals surface area contributed by atoms with Gasteiger partial charge in [-0.15, -0.1) is 4.40 Å². The molecule has 1 aromatic heterocycles. The third-order valence-corrected chi connectivity index (χ3v) is 5.19. The molecule has 0 saturated carbocycles. The van der Waals surface area contributed by atoms with Crippen molar-refractivity contribution in [2.45, 2.75) is 17.7 Å². The molecule has 25 heavy (non-hydrogen) atoms. The van der Waals surface area contributed by atoms with Crippen LogP contribution in [0, 0.1) is 0 Å². The Morgan fingerprint density at radius 3 is 2.56 bits per heavy atom. The summed E-state index contributed by atoms with van der Waals surface area (Å²) >= 11 is 0. The lowest BCUT2D eigenvalue weighted by molar-refractivity contribution is 0.102. The van der Waals surface area contributed by atoms with Crippen LogP contribution in [0.3, 0.4) is 0 Å². The monoisotopic (exact) mass is 358 g/mol. The van der Waals surface area contributed by atoms with Crippen molar-refractivity contribution in [3.05, 3.63) is 54.4 Å². The third kappa shape index (κ3) is 4.03. The number of carbonyl (C=O) groups is 1. The Bertz CT molecular complexity index is 893. The molecule has 8 heteroatoms. The summed E-state index contributed by atoms with van der Waals surface area (Å²) < 4.78 is 28.7. The molecule has 1 aromatic carbocycles. The fourth-order valence-electron chi connectivity index (χ4n) is 2.50. The SMILES string of the molecule is CN1CCC/C1=N\S(=O)(=O)c1ccc(NC(=O)c2ccccn2)cc1. The highest BCUT2D eigenvalue weighted by Gasteiger charge is 2.20. The summed E-state index contributed by atoms with van der Waals surface area (Å²) in [6.07, 6.45) is 3.10. The van der Waals surface area contributed by atoms with Crippen molar-refractivity contribution < 1.29 is 13.2 Å². The summed E-state index contributed by atoms with van der Waals surface area (Å²) in [5.41, 5.74) is 0.773. The number of amidine groups is 1. The highest BCUT2D eigenvalue weighted by atomic mass is 32.2. The van der Waals surface area contributed by atoms with Gasteiger partial charge in [0, 0.05) is 31.9 Å². The van der Waals surface area contributed by atoms with Crippen molar-refractivity contribution >= 4 is 27.5 Å². The molecule has 7 nitrogen and oxygen atoms in total. The summed E-state index contributed by atoms with van der Waals surface area (Å²) in [7, 11) is -1.92. The van der Waals surface area contributed by atoms with E-state index in [1.165, 1.54) is 30.5 Å². The van der Waals surface area contributed by atoms with Gasteiger partial charge in [0.15, 0.2) is 0 Å². The molecule has 0 spiro atoms. The van der Waals surface area contributed by atoms with E-state index in [1.807, 2.05) is 11.9 Å². The molecule has 3 rings (SSSR count). The minimum atomic E-state index is -3.75. The Morgan fingerprint density at radius 1 is 1.20 bits per heavy atom. The molecule has 1 amide bonds. The fraction of sp³-hybridized carbons (Fsp3) is 0.235. The Morgan fingerprint density at radius 2 is 1.96 bits per heavy atom. The molecule has 1 aliphatic rings. The maximum absolute atomic E-state index is 12.4. The number of aromatic nitrogens is 1. The molecule has 0 radical (unpaired) electrons. The standard InChI is InChI=1S/C17H18N4O3S/c1-21-12-4-6-16(21)20-25(23,24)14-9-7-13(8-10-14)19-17(22)15-5-2-3-11-18-15/h2-3,5,7-11H,4,6,12H2,1H3,(H,19,22)/b20-16+. The molecule has 130 valence electrons. The number of hydrogen-bond donors (Lipinski definition) is 1. The van der Waals surface area contributed by atoms with Crippen molar-refractivity contribution in [1.82, 2.24) is 9.88 Å². The van der Waals surface area contributed by atoms with E-state index < -0.39 is 10.0 Å². The first kappa shape index (κ1) is 17.1. The molecule has 2 heterocycles. The molecule has 0 aliphatic carbocycles. The summed E-state index contributed by atoms with van der Waals surface area (Å²) in [6.45, 7) is 0.812. The summed E-state index contributed by atoms with van der Waals surface area (Å²) in [5.74, 6) is 0.219. The topological polar surface area (TPSA) is 91.7 Å². The molecular weight excluding hydrogens is 340 g/mol. The van der Waals surface area contributed by atoms with Gasteiger partial charge in [-0.05, 0) is 42.8 Å². The number of sulfonamides is 1. The van der Waals surface area contributed by atoms with E-state index in [9.17, 15) is 13.2 Å². The van der Waals surface area contributed by atoms with Crippen LogP contribution in [0.2, 0.25) is 0 Å². The van der Waals surface area contributed by atoms with E-state index in [1.54, 1.807) is 18.2 Å². The van der Waals surface area contributed by atoms with Gasteiger partial charge >= 0.3 is 0 Å². The largest absolute Gasteiger partial charge is 0.362 e. The zero-order chi connectivity index (χ0) is 17.9. The van der Waals surface area contributed by atoms with Crippen molar-refractivity contribution in [3.63, 3.8) is 0 Å². The van der Waals surface area contributed by atoms with Crippen molar-refractivity contribution in [2.75, 3.05) is 18.9 Å². The van der Waals surface area contributed by atoms with Gasteiger partial charge in [0.1, 0.15) is 11.5 Å². The Balaban J connectivity index is 1.75. The predicted octanol–water partition coefficient (Wildman–Crippen LogP) is 2.15. The van der Waals surface area contributed by atoms with Gasteiger partial charge in [0.25, 0.3) is 15.9 Å². The second-order valence-corrected chi connectivity index (χ2v) is 7.31. The summed E-state index contributed by atoms with van der Waals surface area (Å²) in [4.78, 5) is 17.9. The normalized spacial score (nSPS) is 16.2. The Labute approximate surface area is 146 Å². The van der Waals surface area contributed by atoms with Crippen LogP contribution in [0.5, 0.6) is 0 Å². The second kappa shape index (κ2) is 7.02. The number of nitrogens with one attached hydrogen (secondary N) is 1. The molecule has 1 fully saturated rings. The number of amides is 1. The maximum atomic E-state index is 12.4. The quantitative estimate of drug-likeness (QED) is 0.904. The number of anilines is 1. The lowest BCUT2D eigenvalue weighted by atomic mass is 10.3. The third-order valence-electron chi connectivity index (χ3n) is 3.87. The van der Waals surface area contributed by atoms with Crippen LogP contribution >= 0.6 is 0 Å². The highest BCUT2D eigenvalue weighted by molar-refractivity contribution is 7.90. The summed E-state index contributed by atoms with van der Waals surface area (Å²) in [5, 5.41) is 2.68. The maximum Gasteiger partial charge on any atom is 0.283 e. The number of likely N-dealkylation sites (tertiary alicyclic amines) is 1. The van der Waals surface area contributed by atoms with Crippen molar-refractivity contribution in [2.24, 2.45) is 4.40 Å². The number of nitrogens with zero attached hydrogens (tertiary/aromatic N) is 3. The van der Waals surface area contributed by atoms with Crippen LogP contribution in [0.4, 0.5) is 5.69 Å². The first-order chi connectivity index (χ1) is 12.0. The first-order valence-corrected chi connectivity index (χ1v) is 9.27. The van der Waals surface area contributed by atoms with Gasteiger partial charge in [0.2, 0.25) is 0 Å². The van der Waals surface area contributed by atoms with Gasteiger partial charge in [-0.25, -0.2) is 0 Å². The fourth-order valence-corrected chi connectivity index (χ4v) is 3.60. The number of benzene rings is 1. The van der Waals surface area contributed by atoms with E-state index in [0.29, 0.717) is 17.9 Å². The zero-order valence-electron chi connectivity index (χ0n) is 13.7. The van der Waals surface area contributed by atoms with Gasteiger partial charge in [-0.2, -0.15) is 8.42 Å². The minimum Gasteiger partial charge on any atom is -0.362 e. The average Bonchev–Trinajstić information content (AvgIpc) is 3.00. The number of pyridine rings is 1. The van der Waals surface area contributed by atoms with Crippen molar-refractivity contribution in [3.8, 4) is 0 Å². The smallest absolute Gasteiger partial charge is 0.283 e. The minimum absolute atomic E-state index is 0.0936. The van der Waals surface area contributed by atoms with Crippen LogP contribution < -0.4 is 5.32 Å². The Hall–Kier alpha value is -2.74. The highest BCUT2D eigenvalue weighted by Crippen LogP contribution is 2.19. The van der Waals surface area contributed by atoms with Crippen LogP contribution in [0.1, 0.15) is 23.3 Å². The van der Waals surface area contributed by atoms with Crippen LogP contribution in [0.15, 0.2) is 58.0 Å². The van der Waals surface area contributed by atoms with Gasteiger partial charge < -0.3 is 10.2 Å². The van der Waals surface area contributed by atoms with E-state index in [2.05, 4.69) is 14.7 Å². The van der Waals surface area contributed by atoms with E-state index in [-0.39, 0.29) is 16.5 Å². The molecule has 0 unspecified atom stereocenters. The molecule has 1 saturated heterocycles. The van der Waals surface area contributed by atoms with Crippen LogP contribution in [-0.4, -0.2) is 43.6 Å². The molecule has 2 aromatic rings. The average molecular weight is 358 g/mol. The molecular formula is C17H18N4O3S. The second-order valence-electron chi connectivity index (χ2n) is 5.70. The first-order valence-electron chi connectivity index (χ1n) is 7.83. The van der Waals surface area contributed by atoms with Crippen LogP contribution in [-0.2, 0) is 10.0 Å². The Kier molecular flexibility index (Phi) is 4.80. The van der Waals surface area contributed by atoms with E-state index in [0.717, 1.165) is 13.0 Å². The molecule has 1 aliphatic heterocycles. The molecule has 0 atom stereocenters.